The lowest BCUT2D eigenvalue weighted by Crippen LogP contribution is -2.22. The normalized spacial score (nSPS) is 20.1. The maximum atomic E-state index is 11.8. The Kier molecular flexibility index (Phi) is 3.22. The number of ketones is 1. The molecule has 0 atom stereocenters. The van der Waals surface area contributed by atoms with Gasteiger partial charge in [-0.15, -0.1) is 0 Å². The number of rotatable bonds is 2. The third kappa shape index (κ3) is 2.22. The molecule has 1 aromatic rings. The van der Waals surface area contributed by atoms with Crippen LogP contribution in [0.25, 0.3) is 0 Å². The van der Waals surface area contributed by atoms with Crippen LogP contribution in [0.5, 0.6) is 11.5 Å². The molecule has 0 spiro atoms. The molecule has 3 rings (SSSR count). The zero-order valence-corrected chi connectivity index (χ0v) is 10.5. The highest BCUT2D eigenvalue weighted by atomic mass is 16.5. The fourth-order valence-corrected chi connectivity index (χ4v) is 2.72. The Balaban J connectivity index is 1.83. The minimum Gasteiger partial charge on any atom is -0.488 e. The molecule has 3 nitrogen and oxygen atoms in total. The summed E-state index contributed by atoms with van der Waals surface area (Å²) in [6.07, 6.45) is 6.75. The molecule has 1 fully saturated rings. The summed E-state index contributed by atoms with van der Waals surface area (Å²) in [5.41, 5.74) is 0.676. The molecule has 1 saturated carbocycles. The van der Waals surface area contributed by atoms with Crippen molar-refractivity contribution in [2.45, 2.75) is 44.6 Å². The summed E-state index contributed by atoms with van der Waals surface area (Å²) in [5, 5.41) is 0. The molecule has 0 bridgehead atoms. The van der Waals surface area contributed by atoms with E-state index in [-0.39, 0.29) is 11.9 Å². The Bertz CT molecular complexity index is 447. The van der Waals surface area contributed by atoms with E-state index in [1.54, 1.807) is 0 Å². The van der Waals surface area contributed by atoms with Gasteiger partial charge in [0.1, 0.15) is 0 Å². The lowest BCUT2D eigenvalue weighted by Gasteiger charge is -2.26. The van der Waals surface area contributed by atoms with E-state index in [4.69, 9.17) is 9.47 Å². The highest BCUT2D eigenvalue weighted by molar-refractivity contribution is 6.00. The molecule has 1 aliphatic heterocycles. The van der Waals surface area contributed by atoms with E-state index in [9.17, 15) is 4.79 Å². The average Bonchev–Trinajstić information content (AvgIpc) is 2.41. The summed E-state index contributed by atoms with van der Waals surface area (Å²) >= 11 is 0. The van der Waals surface area contributed by atoms with Gasteiger partial charge in [0.2, 0.25) is 0 Å². The third-order valence-electron chi connectivity index (χ3n) is 3.70. The van der Waals surface area contributed by atoms with E-state index in [1.807, 2.05) is 18.2 Å². The summed E-state index contributed by atoms with van der Waals surface area (Å²) in [6.45, 7) is 0.469. The predicted molar refractivity (Wildman–Crippen MR) is 68.4 cm³/mol. The van der Waals surface area contributed by atoms with Crippen LogP contribution in [0, 0.1) is 0 Å². The summed E-state index contributed by atoms with van der Waals surface area (Å²) < 4.78 is 11.6. The van der Waals surface area contributed by atoms with Crippen molar-refractivity contribution in [3.05, 3.63) is 23.8 Å². The monoisotopic (exact) mass is 246 g/mol. The number of fused-ring (bicyclic) bond motifs is 1. The van der Waals surface area contributed by atoms with E-state index in [0.717, 1.165) is 18.6 Å². The van der Waals surface area contributed by atoms with E-state index < -0.39 is 0 Å². The number of hydrogen-bond donors (Lipinski definition) is 0. The van der Waals surface area contributed by atoms with Crippen LogP contribution < -0.4 is 9.47 Å². The molecular weight excluding hydrogens is 228 g/mol. The number of carbonyl (C=O) groups is 1. The van der Waals surface area contributed by atoms with Crippen LogP contribution >= 0.6 is 0 Å². The Hall–Kier alpha value is -1.51. The van der Waals surface area contributed by atoms with E-state index in [1.165, 1.54) is 19.3 Å². The van der Waals surface area contributed by atoms with Gasteiger partial charge in [-0.3, -0.25) is 4.79 Å². The highest BCUT2D eigenvalue weighted by Crippen LogP contribution is 2.36. The van der Waals surface area contributed by atoms with Crippen molar-refractivity contribution in [3.63, 3.8) is 0 Å². The molecule has 2 aliphatic rings. The Morgan fingerprint density at radius 2 is 2.00 bits per heavy atom. The summed E-state index contributed by atoms with van der Waals surface area (Å²) in [5.74, 6) is 1.55. The summed E-state index contributed by atoms with van der Waals surface area (Å²) in [7, 11) is 0. The van der Waals surface area contributed by atoms with Gasteiger partial charge >= 0.3 is 0 Å². The number of para-hydroxylation sites is 1. The van der Waals surface area contributed by atoms with Gasteiger partial charge in [-0.1, -0.05) is 12.5 Å². The first-order valence-corrected chi connectivity index (χ1v) is 6.80. The van der Waals surface area contributed by atoms with Crippen LogP contribution in [0.4, 0.5) is 0 Å². The lowest BCUT2D eigenvalue weighted by molar-refractivity contribution is 0.0920. The van der Waals surface area contributed by atoms with Crippen LogP contribution in [0.1, 0.15) is 48.9 Å². The van der Waals surface area contributed by atoms with E-state index >= 15 is 0 Å². The van der Waals surface area contributed by atoms with Crippen molar-refractivity contribution in [2.24, 2.45) is 0 Å². The molecule has 96 valence electrons. The van der Waals surface area contributed by atoms with Gasteiger partial charge in [-0.25, -0.2) is 0 Å². The molecule has 0 unspecified atom stereocenters. The zero-order valence-electron chi connectivity index (χ0n) is 10.5. The van der Waals surface area contributed by atoms with Crippen LogP contribution in [0.3, 0.4) is 0 Å². The first-order valence-electron chi connectivity index (χ1n) is 6.80. The molecule has 18 heavy (non-hydrogen) atoms. The van der Waals surface area contributed by atoms with E-state index in [0.29, 0.717) is 24.3 Å². The second-order valence-electron chi connectivity index (χ2n) is 5.03. The van der Waals surface area contributed by atoms with Crippen LogP contribution in [0.15, 0.2) is 18.2 Å². The van der Waals surface area contributed by atoms with Gasteiger partial charge in [-0.2, -0.15) is 0 Å². The largest absolute Gasteiger partial charge is 0.488 e. The number of benzene rings is 1. The molecule has 3 heteroatoms. The molecule has 0 radical (unpaired) electrons. The molecule has 0 aromatic heterocycles. The fraction of sp³-hybridized carbons (Fsp3) is 0.533. The third-order valence-corrected chi connectivity index (χ3v) is 3.70. The molecule has 0 saturated heterocycles. The number of carbonyl (C=O) groups excluding carboxylic acids is 1. The van der Waals surface area contributed by atoms with E-state index in [2.05, 4.69) is 0 Å². The van der Waals surface area contributed by atoms with Crippen molar-refractivity contribution in [3.8, 4) is 11.5 Å². The second-order valence-corrected chi connectivity index (χ2v) is 5.03. The Morgan fingerprint density at radius 1 is 1.17 bits per heavy atom. The lowest BCUT2D eigenvalue weighted by atomic mass is 9.97. The molecule has 0 N–H and O–H groups in total. The first-order chi connectivity index (χ1) is 8.84. The smallest absolute Gasteiger partial charge is 0.171 e. The molecule has 1 aliphatic carbocycles. The van der Waals surface area contributed by atoms with Gasteiger partial charge < -0.3 is 9.47 Å². The average molecular weight is 246 g/mol. The molecule has 0 amide bonds. The number of Topliss-reactive ketones (excluding diaryl/α,β-unsaturated/α-hetero) is 1. The fourth-order valence-electron chi connectivity index (χ4n) is 2.72. The highest BCUT2D eigenvalue weighted by Gasteiger charge is 2.24. The predicted octanol–water partition coefficient (Wildman–Crippen LogP) is 3.36. The minimum atomic E-state index is 0.158. The maximum Gasteiger partial charge on any atom is 0.171 e. The standard InChI is InChI=1S/C15H18O3/c16-13-9-10-17-15-12(13)7-4-8-14(15)18-11-5-2-1-3-6-11/h4,7-8,11H,1-3,5-6,9-10H2. The summed E-state index contributed by atoms with van der Waals surface area (Å²) in [4.78, 5) is 11.8. The van der Waals surface area contributed by atoms with Gasteiger partial charge in [0.05, 0.1) is 18.3 Å². The quantitative estimate of drug-likeness (QED) is 0.802. The van der Waals surface area contributed by atoms with Gasteiger partial charge in [0.15, 0.2) is 17.3 Å². The van der Waals surface area contributed by atoms with Crippen molar-refractivity contribution in [2.75, 3.05) is 6.61 Å². The Labute approximate surface area is 107 Å². The molecule has 1 aromatic carbocycles. The minimum absolute atomic E-state index is 0.158. The van der Waals surface area contributed by atoms with Crippen LogP contribution in [-0.2, 0) is 0 Å². The molecule has 1 heterocycles. The summed E-state index contributed by atoms with van der Waals surface area (Å²) in [6, 6.07) is 5.61. The van der Waals surface area contributed by atoms with Crippen molar-refractivity contribution >= 4 is 5.78 Å². The maximum absolute atomic E-state index is 11.8. The van der Waals surface area contributed by atoms with Gasteiger partial charge in [-0.05, 0) is 37.8 Å². The van der Waals surface area contributed by atoms with Crippen LogP contribution in [0.2, 0.25) is 0 Å². The topological polar surface area (TPSA) is 35.5 Å². The van der Waals surface area contributed by atoms with Gasteiger partial charge in [0, 0.05) is 6.42 Å². The Morgan fingerprint density at radius 3 is 2.83 bits per heavy atom. The number of hydrogen-bond acceptors (Lipinski definition) is 3. The number of ether oxygens (including phenoxy) is 2. The van der Waals surface area contributed by atoms with Crippen LogP contribution in [-0.4, -0.2) is 18.5 Å². The van der Waals surface area contributed by atoms with Crippen molar-refractivity contribution in [1.82, 2.24) is 0 Å². The second kappa shape index (κ2) is 5.01. The first kappa shape index (κ1) is 11.6. The van der Waals surface area contributed by atoms with Crippen molar-refractivity contribution in [1.29, 1.82) is 0 Å². The van der Waals surface area contributed by atoms with Crippen molar-refractivity contribution < 1.29 is 14.3 Å². The van der Waals surface area contributed by atoms with Gasteiger partial charge in [0.25, 0.3) is 0 Å². The SMILES string of the molecule is O=C1CCOc2c(OC3CCCCC3)cccc21. The zero-order chi connectivity index (χ0) is 12.4. The molecular formula is C15H18O3.